The van der Waals surface area contributed by atoms with E-state index in [0.29, 0.717) is 23.3 Å². The van der Waals surface area contributed by atoms with Gasteiger partial charge < -0.3 is 10.1 Å². The van der Waals surface area contributed by atoms with Crippen molar-refractivity contribution in [3.05, 3.63) is 21.0 Å². The first-order valence-corrected chi connectivity index (χ1v) is 5.92. The van der Waals surface area contributed by atoms with Gasteiger partial charge >= 0.3 is 0 Å². The van der Waals surface area contributed by atoms with Crippen molar-refractivity contribution >= 4 is 21.6 Å². The van der Waals surface area contributed by atoms with Gasteiger partial charge in [-0.15, -0.1) is 0 Å². The second-order valence-electron chi connectivity index (χ2n) is 3.45. The Morgan fingerprint density at radius 3 is 3.00 bits per heavy atom. The summed E-state index contributed by atoms with van der Waals surface area (Å²) in [5.41, 5.74) is 0.531. The van der Waals surface area contributed by atoms with Crippen LogP contribution in [0.1, 0.15) is 13.8 Å². The van der Waals surface area contributed by atoms with Crippen molar-refractivity contribution in [2.24, 2.45) is 7.05 Å². The third-order valence-electron chi connectivity index (χ3n) is 2.11. The van der Waals surface area contributed by atoms with Crippen molar-refractivity contribution in [1.29, 1.82) is 0 Å². The van der Waals surface area contributed by atoms with E-state index in [9.17, 15) is 4.79 Å². The fourth-order valence-corrected chi connectivity index (χ4v) is 1.73. The molecular weight excluding hydrogens is 274 g/mol. The van der Waals surface area contributed by atoms with Crippen LogP contribution in [0.2, 0.25) is 0 Å². The van der Waals surface area contributed by atoms with E-state index >= 15 is 0 Å². The van der Waals surface area contributed by atoms with Crippen molar-refractivity contribution in [3.8, 4) is 0 Å². The summed E-state index contributed by atoms with van der Waals surface area (Å²) in [6, 6.07) is 0. The van der Waals surface area contributed by atoms with Gasteiger partial charge in [0.05, 0.1) is 18.0 Å². The SMILES string of the molecule is CCOC(C)CNc1cnn(C)c(=O)c1Br. The molecule has 90 valence electrons. The molecule has 1 heterocycles. The fraction of sp³-hybridized carbons (Fsp3) is 0.600. The predicted octanol–water partition coefficient (Wildman–Crippen LogP) is 1.38. The highest BCUT2D eigenvalue weighted by Crippen LogP contribution is 2.15. The molecule has 0 aromatic carbocycles. The van der Waals surface area contributed by atoms with Gasteiger partial charge in [0, 0.05) is 20.2 Å². The van der Waals surface area contributed by atoms with Gasteiger partial charge in [-0.05, 0) is 29.8 Å². The molecule has 0 saturated carbocycles. The molecule has 0 aliphatic rings. The summed E-state index contributed by atoms with van der Waals surface area (Å²) in [6.45, 7) is 5.24. The average Bonchev–Trinajstić information content (AvgIpc) is 2.25. The van der Waals surface area contributed by atoms with Crippen LogP contribution in [0, 0.1) is 0 Å². The highest BCUT2D eigenvalue weighted by atomic mass is 79.9. The summed E-state index contributed by atoms with van der Waals surface area (Å²) in [5.74, 6) is 0. The molecule has 1 aromatic heterocycles. The van der Waals surface area contributed by atoms with Crippen molar-refractivity contribution < 1.29 is 4.74 Å². The minimum Gasteiger partial charge on any atom is -0.380 e. The lowest BCUT2D eigenvalue weighted by molar-refractivity contribution is 0.0855. The molecule has 0 radical (unpaired) electrons. The van der Waals surface area contributed by atoms with Crippen LogP contribution in [0.4, 0.5) is 5.69 Å². The number of hydrogen-bond acceptors (Lipinski definition) is 4. The minimum atomic E-state index is -0.158. The van der Waals surface area contributed by atoms with Crippen molar-refractivity contribution in [2.75, 3.05) is 18.5 Å². The summed E-state index contributed by atoms with van der Waals surface area (Å²) in [5, 5.41) is 7.05. The van der Waals surface area contributed by atoms with Gasteiger partial charge in [-0.2, -0.15) is 5.10 Å². The molecule has 0 amide bonds. The second-order valence-corrected chi connectivity index (χ2v) is 4.24. The molecule has 1 rings (SSSR count). The molecule has 0 spiro atoms. The molecule has 1 aromatic rings. The highest BCUT2D eigenvalue weighted by molar-refractivity contribution is 9.10. The van der Waals surface area contributed by atoms with Crippen molar-refractivity contribution in [1.82, 2.24) is 9.78 Å². The minimum absolute atomic E-state index is 0.0981. The number of nitrogens with one attached hydrogen (secondary N) is 1. The molecule has 1 N–H and O–H groups in total. The molecule has 6 heteroatoms. The number of anilines is 1. The number of nitrogens with zero attached hydrogens (tertiary/aromatic N) is 2. The van der Waals surface area contributed by atoms with Crippen LogP contribution in [-0.2, 0) is 11.8 Å². The molecule has 1 atom stereocenters. The number of aryl methyl sites for hydroxylation is 1. The zero-order chi connectivity index (χ0) is 12.1. The third kappa shape index (κ3) is 3.31. The Labute approximate surface area is 103 Å². The van der Waals surface area contributed by atoms with E-state index in [4.69, 9.17) is 4.74 Å². The Morgan fingerprint density at radius 2 is 2.38 bits per heavy atom. The van der Waals surface area contributed by atoms with Crippen molar-refractivity contribution in [2.45, 2.75) is 20.0 Å². The van der Waals surface area contributed by atoms with Crippen LogP contribution < -0.4 is 10.9 Å². The molecule has 0 saturated heterocycles. The van der Waals surface area contributed by atoms with E-state index in [1.54, 1.807) is 13.2 Å². The highest BCUT2D eigenvalue weighted by Gasteiger charge is 2.07. The Kier molecular flexibility index (Phi) is 4.95. The van der Waals surface area contributed by atoms with Gasteiger partial charge in [0.25, 0.3) is 5.56 Å². The molecule has 0 bridgehead atoms. The van der Waals surface area contributed by atoms with E-state index in [-0.39, 0.29) is 11.7 Å². The second kappa shape index (κ2) is 6.00. The van der Waals surface area contributed by atoms with Crippen LogP contribution in [0.3, 0.4) is 0 Å². The molecule has 1 unspecified atom stereocenters. The average molecular weight is 290 g/mol. The maximum atomic E-state index is 11.5. The van der Waals surface area contributed by atoms with Gasteiger partial charge in [0.2, 0.25) is 0 Å². The van der Waals surface area contributed by atoms with Crippen molar-refractivity contribution in [3.63, 3.8) is 0 Å². The quantitative estimate of drug-likeness (QED) is 0.890. The predicted molar refractivity (Wildman–Crippen MR) is 66.8 cm³/mol. The molecular formula is C10H16BrN3O2. The normalized spacial score (nSPS) is 12.5. The van der Waals surface area contributed by atoms with E-state index in [1.165, 1.54) is 4.68 Å². The number of ether oxygens (including phenoxy) is 1. The summed E-state index contributed by atoms with van der Waals surface area (Å²) in [6.07, 6.45) is 1.71. The lowest BCUT2D eigenvalue weighted by atomic mass is 10.3. The Hall–Kier alpha value is -0.880. The lowest BCUT2D eigenvalue weighted by Crippen LogP contribution is -2.24. The third-order valence-corrected chi connectivity index (χ3v) is 2.88. The smallest absolute Gasteiger partial charge is 0.282 e. The van der Waals surface area contributed by atoms with Crippen LogP contribution >= 0.6 is 15.9 Å². The Morgan fingerprint density at radius 1 is 1.69 bits per heavy atom. The molecule has 0 aliphatic heterocycles. The topological polar surface area (TPSA) is 56.1 Å². The van der Waals surface area contributed by atoms with E-state index < -0.39 is 0 Å². The number of hydrogen-bond donors (Lipinski definition) is 1. The summed E-state index contributed by atoms with van der Waals surface area (Å²) < 4.78 is 7.15. The fourth-order valence-electron chi connectivity index (χ4n) is 1.23. The van der Waals surface area contributed by atoms with Crippen LogP contribution in [0.5, 0.6) is 0 Å². The monoisotopic (exact) mass is 289 g/mol. The summed E-state index contributed by atoms with van der Waals surface area (Å²) >= 11 is 3.24. The first-order valence-electron chi connectivity index (χ1n) is 5.13. The number of rotatable bonds is 5. The van der Waals surface area contributed by atoms with Crippen LogP contribution in [-0.4, -0.2) is 29.0 Å². The standard InChI is InChI=1S/C10H16BrN3O2/c1-4-16-7(2)5-12-8-6-13-14(3)10(15)9(8)11/h6-7,12H,4-5H2,1-3H3. The molecule has 0 fully saturated rings. The van der Waals surface area contributed by atoms with Gasteiger partial charge in [-0.25, -0.2) is 4.68 Å². The lowest BCUT2D eigenvalue weighted by Gasteiger charge is -2.14. The van der Waals surface area contributed by atoms with Gasteiger partial charge in [0.15, 0.2) is 0 Å². The van der Waals surface area contributed by atoms with E-state index in [2.05, 4.69) is 26.3 Å². The maximum Gasteiger partial charge on any atom is 0.282 e. The zero-order valence-electron chi connectivity index (χ0n) is 9.66. The Bertz CT molecular complexity index is 406. The number of aromatic nitrogens is 2. The first-order chi connectivity index (χ1) is 7.56. The maximum absolute atomic E-state index is 11.5. The first kappa shape index (κ1) is 13.2. The number of halogens is 1. The van der Waals surface area contributed by atoms with E-state index in [0.717, 1.165) is 0 Å². The summed E-state index contributed by atoms with van der Waals surface area (Å²) in [7, 11) is 1.61. The summed E-state index contributed by atoms with van der Waals surface area (Å²) in [4.78, 5) is 11.5. The van der Waals surface area contributed by atoms with Crippen LogP contribution in [0.25, 0.3) is 0 Å². The van der Waals surface area contributed by atoms with Crippen LogP contribution in [0.15, 0.2) is 15.5 Å². The van der Waals surface area contributed by atoms with Gasteiger partial charge in [-0.1, -0.05) is 0 Å². The Balaban J connectivity index is 2.68. The molecule has 0 aliphatic carbocycles. The largest absolute Gasteiger partial charge is 0.380 e. The zero-order valence-corrected chi connectivity index (χ0v) is 11.2. The van der Waals surface area contributed by atoms with Gasteiger partial charge in [-0.3, -0.25) is 4.79 Å². The molecule has 16 heavy (non-hydrogen) atoms. The van der Waals surface area contributed by atoms with Gasteiger partial charge in [0.1, 0.15) is 4.47 Å². The van der Waals surface area contributed by atoms with E-state index in [1.807, 2.05) is 13.8 Å². The molecule has 5 nitrogen and oxygen atoms in total.